The van der Waals surface area contributed by atoms with Crippen molar-refractivity contribution in [3.63, 3.8) is 0 Å². The van der Waals surface area contributed by atoms with E-state index in [-0.39, 0.29) is 6.10 Å². The molecule has 6 nitrogen and oxygen atoms in total. The summed E-state index contributed by atoms with van der Waals surface area (Å²) in [7, 11) is 0. The van der Waals surface area contributed by atoms with Gasteiger partial charge in [0.1, 0.15) is 12.4 Å². The Bertz CT molecular complexity index is 801. The maximum atomic E-state index is 12.3. The van der Waals surface area contributed by atoms with E-state index in [4.69, 9.17) is 25.8 Å². The molecule has 1 aliphatic rings. The second-order valence-electron chi connectivity index (χ2n) is 6.51. The van der Waals surface area contributed by atoms with E-state index in [9.17, 15) is 9.59 Å². The number of nitrogens with one attached hydrogen (secondary N) is 1. The summed E-state index contributed by atoms with van der Waals surface area (Å²) in [6, 6.07) is 13.3. The van der Waals surface area contributed by atoms with Crippen LogP contribution in [-0.4, -0.2) is 37.3 Å². The fourth-order valence-corrected chi connectivity index (χ4v) is 2.84. The third-order valence-electron chi connectivity index (χ3n) is 4.31. The summed E-state index contributed by atoms with van der Waals surface area (Å²) in [6.07, 6.45) is 1.24. The van der Waals surface area contributed by atoms with Crippen LogP contribution >= 0.6 is 11.6 Å². The van der Waals surface area contributed by atoms with Gasteiger partial charge in [-0.3, -0.25) is 4.79 Å². The van der Waals surface area contributed by atoms with Gasteiger partial charge in [-0.25, -0.2) is 4.79 Å². The number of hydrogen-bond acceptors (Lipinski definition) is 5. The van der Waals surface area contributed by atoms with Gasteiger partial charge in [0.15, 0.2) is 6.10 Å². The molecular weight excluding hydrogens is 382 g/mol. The lowest BCUT2D eigenvalue weighted by molar-refractivity contribution is -0.123. The molecule has 0 aliphatic carbocycles. The molecule has 1 aliphatic heterocycles. The van der Waals surface area contributed by atoms with Crippen LogP contribution in [0.3, 0.4) is 0 Å². The van der Waals surface area contributed by atoms with Gasteiger partial charge in [0.2, 0.25) is 0 Å². The summed E-state index contributed by atoms with van der Waals surface area (Å²) >= 11 is 5.81. The molecule has 2 atom stereocenters. The first-order valence-corrected chi connectivity index (χ1v) is 9.51. The number of hydrogen-bond donors (Lipinski definition) is 1. The SMILES string of the molecule is C[C@H](OC(=O)c1ccc(OC[C@@H]2CCCO2)cc1)C(=O)Nc1ccc(Cl)cc1. The van der Waals surface area contributed by atoms with Gasteiger partial charge in [-0.15, -0.1) is 0 Å². The van der Waals surface area contributed by atoms with Gasteiger partial charge in [-0.2, -0.15) is 0 Å². The van der Waals surface area contributed by atoms with Gasteiger partial charge in [-0.1, -0.05) is 11.6 Å². The summed E-state index contributed by atoms with van der Waals surface area (Å²) < 4.78 is 16.4. The second kappa shape index (κ2) is 9.57. The summed E-state index contributed by atoms with van der Waals surface area (Å²) in [5, 5.41) is 3.24. The first-order valence-electron chi connectivity index (χ1n) is 9.13. The van der Waals surface area contributed by atoms with Gasteiger partial charge in [0.25, 0.3) is 5.91 Å². The molecule has 3 rings (SSSR count). The minimum Gasteiger partial charge on any atom is -0.491 e. The Morgan fingerprint density at radius 3 is 2.54 bits per heavy atom. The molecular formula is C21H22ClNO5. The molecule has 7 heteroatoms. The molecule has 1 saturated heterocycles. The number of benzene rings is 2. The van der Waals surface area contributed by atoms with Crippen LogP contribution in [0, 0.1) is 0 Å². The Kier molecular flexibility index (Phi) is 6.90. The molecule has 0 bridgehead atoms. The number of amides is 1. The Labute approximate surface area is 168 Å². The van der Waals surface area contributed by atoms with Crippen molar-refractivity contribution in [1.29, 1.82) is 0 Å². The van der Waals surface area contributed by atoms with E-state index in [2.05, 4.69) is 5.32 Å². The number of rotatable bonds is 7. The van der Waals surface area contributed by atoms with Crippen molar-refractivity contribution in [3.8, 4) is 5.75 Å². The zero-order valence-corrected chi connectivity index (χ0v) is 16.3. The summed E-state index contributed by atoms with van der Waals surface area (Å²) in [5.41, 5.74) is 0.917. The molecule has 2 aromatic rings. The van der Waals surface area contributed by atoms with Crippen molar-refractivity contribution < 1.29 is 23.8 Å². The second-order valence-corrected chi connectivity index (χ2v) is 6.95. The van der Waals surface area contributed by atoms with Crippen molar-refractivity contribution in [2.45, 2.75) is 32.0 Å². The Morgan fingerprint density at radius 1 is 1.18 bits per heavy atom. The van der Waals surface area contributed by atoms with E-state index < -0.39 is 18.0 Å². The highest BCUT2D eigenvalue weighted by molar-refractivity contribution is 6.30. The lowest BCUT2D eigenvalue weighted by Gasteiger charge is -2.14. The zero-order valence-electron chi connectivity index (χ0n) is 15.5. The van der Waals surface area contributed by atoms with Crippen molar-refractivity contribution >= 4 is 29.2 Å². The van der Waals surface area contributed by atoms with E-state index in [0.29, 0.717) is 28.6 Å². The first-order chi connectivity index (χ1) is 13.5. The molecule has 1 heterocycles. The summed E-state index contributed by atoms with van der Waals surface area (Å²) in [4.78, 5) is 24.4. The molecule has 1 amide bonds. The third-order valence-corrected chi connectivity index (χ3v) is 4.57. The normalized spacial score (nSPS) is 17.0. The van der Waals surface area contributed by atoms with Crippen LogP contribution in [0.2, 0.25) is 5.02 Å². The van der Waals surface area contributed by atoms with Crippen molar-refractivity contribution in [2.75, 3.05) is 18.5 Å². The fourth-order valence-electron chi connectivity index (χ4n) is 2.71. The molecule has 28 heavy (non-hydrogen) atoms. The lowest BCUT2D eigenvalue weighted by atomic mass is 10.2. The topological polar surface area (TPSA) is 73.9 Å². The Morgan fingerprint density at radius 2 is 1.89 bits per heavy atom. The standard InChI is InChI=1S/C21H22ClNO5/c1-14(20(24)23-17-8-6-16(22)7-9-17)28-21(25)15-4-10-18(11-5-15)27-13-19-3-2-12-26-19/h4-11,14,19H,2-3,12-13H2,1H3,(H,23,24)/t14-,19-/m0/s1. The van der Waals surface area contributed by atoms with Crippen LogP contribution in [0.5, 0.6) is 5.75 Å². The smallest absolute Gasteiger partial charge is 0.338 e. The van der Waals surface area contributed by atoms with E-state index >= 15 is 0 Å². The maximum Gasteiger partial charge on any atom is 0.338 e. The molecule has 1 N–H and O–H groups in total. The minimum absolute atomic E-state index is 0.129. The largest absolute Gasteiger partial charge is 0.491 e. The number of carbonyl (C=O) groups is 2. The summed E-state index contributed by atoms with van der Waals surface area (Å²) in [5.74, 6) is -0.350. The van der Waals surface area contributed by atoms with Crippen LogP contribution < -0.4 is 10.1 Å². The fraction of sp³-hybridized carbons (Fsp3) is 0.333. The monoisotopic (exact) mass is 403 g/mol. The Hall–Kier alpha value is -2.57. The van der Waals surface area contributed by atoms with Crippen LogP contribution in [-0.2, 0) is 14.3 Å². The van der Waals surface area contributed by atoms with Gasteiger partial charge < -0.3 is 19.5 Å². The molecule has 0 radical (unpaired) electrons. The quantitative estimate of drug-likeness (QED) is 0.705. The number of carbonyl (C=O) groups excluding carboxylic acids is 2. The van der Waals surface area contributed by atoms with E-state index in [0.717, 1.165) is 19.4 Å². The molecule has 0 spiro atoms. The number of anilines is 1. The number of esters is 1. The van der Waals surface area contributed by atoms with Crippen molar-refractivity contribution in [1.82, 2.24) is 0 Å². The van der Waals surface area contributed by atoms with Gasteiger partial charge in [0.05, 0.1) is 11.7 Å². The molecule has 0 saturated carbocycles. The van der Waals surface area contributed by atoms with Crippen molar-refractivity contribution in [2.24, 2.45) is 0 Å². The lowest BCUT2D eigenvalue weighted by Crippen LogP contribution is -2.30. The predicted octanol–water partition coefficient (Wildman–Crippen LogP) is 4.08. The molecule has 0 unspecified atom stereocenters. The van der Waals surface area contributed by atoms with E-state index in [1.165, 1.54) is 6.92 Å². The summed E-state index contributed by atoms with van der Waals surface area (Å²) in [6.45, 7) is 2.79. The van der Waals surface area contributed by atoms with Gasteiger partial charge in [-0.05, 0) is 68.3 Å². The Balaban J connectivity index is 1.48. The maximum absolute atomic E-state index is 12.3. The zero-order chi connectivity index (χ0) is 19.9. The highest BCUT2D eigenvalue weighted by Gasteiger charge is 2.19. The van der Waals surface area contributed by atoms with Crippen LogP contribution in [0.15, 0.2) is 48.5 Å². The molecule has 148 valence electrons. The van der Waals surface area contributed by atoms with Gasteiger partial charge in [0, 0.05) is 17.3 Å². The number of halogens is 1. The first kappa shape index (κ1) is 20.2. The molecule has 1 fully saturated rings. The highest BCUT2D eigenvalue weighted by Crippen LogP contribution is 2.18. The molecule has 0 aromatic heterocycles. The minimum atomic E-state index is -0.946. The average molecular weight is 404 g/mol. The van der Waals surface area contributed by atoms with E-state index in [1.807, 2.05) is 0 Å². The van der Waals surface area contributed by atoms with Crippen molar-refractivity contribution in [3.05, 3.63) is 59.1 Å². The average Bonchev–Trinajstić information content (AvgIpc) is 3.22. The van der Waals surface area contributed by atoms with Gasteiger partial charge >= 0.3 is 5.97 Å². The predicted molar refractivity (Wildman–Crippen MR) is 106 cm³/mol. The highest BCUT2D eigenvalue weighted by atomic mass is 35.5. The molecule has 2 aromatic carbocycles. The van der Waals surface area contributed by atoms with Crippen LogP contribution in [0.1, 0.15) is 30.1 Å². The van der Waals surface area contributed by atoms with E-state index in [1.54, 1.807) is 48.5 Å². The number of ether oxygens (including phenoxy) is 3. The van der Waals surface area contributed by atoms with Crippen LogP contribution in [0.25, 0.3) is 0 Å². The third kappa shape index (κ3) is 5.71. The van der Waals surface area contributed by atoms with Crippen LogP contribution in [0.4, 0.5) is 5.69 Å².